The molecule has 1 fully saturated rings. The fourth-order valence-corrected chi connectivity index (χ4v) is 4.25. The Bertz CT molecular complexity index is 698. The van der Waals surface area contributed by atoms with Crippen LogP contribution in [0.3, 0.4) is 0 Å². The third kappa shape index (κ3) is 3.23. The molecule has 3 nitrogen and oxygen atoms in total. The van der Waals surface area contributed by atoms with Gasteiger partial charge in [-0.25, -0.2) is 0 Å². The molecular formula is C20H23BrN2O. The van der Waals surface area contributed by atoms with Crippen molar-refractivity contribution in [1.82, 2.24) is 10.2 Å². The molecule has 1 saturated heterocycles. The van der Waals surface area contributed by atoms with Crippen molar-refractivity contribution in [1.29, 1.82) is 0 Å². The number of hydrogen-bond acceptors (Lipinski definition) is 3. The zero-order valence-electron chi connectivity index (χ0n) is 13.7. The van der Waals surface area contributed by atoms with E-state index >= 15 is 0 Å². The second-order valence-corrected chi connectivity index (χ2v) is 7.43. The third-order valence-electron chi connectivity index (χ3n) is 5.07. The van der Waals surface area contributed by atoms with Crippen LogP contribution in [0.4, 0.5) is 0 Å². The lowest BCUT2D eigenvalue weighted by atomic mass is 10.1. The van der Waals surface area contributed by atoms with Gasteiger partial charge in [0.1, 0.15) is 11.9 Å². The Hall–Kier alpha value is -1.36. The van der Waals surface area contributed by atoms with Gasteiger partial charge >= 0.3 is 0 Å². The smallest absolute Gasteiger partial charge is 0.140 e. The number of halogens is 1. The first kappa shape index (κ1) is 16.1. The highest BCUT2D eigenvalue weighted by atomic mass is 79.9. The first-order chi connectivity index (χ1) is 11.8. The lowest BCUT2D eigenvalue weighted by Gasteiger charge is -2.32. The Morgan fingerprint density at radius 1 is 1.00 bits per heavy atom. The topological polar surface area (TPSA) is 24.5 Å². The lowest BCUT2D eigenvalue weighted by Crippen LogP contribution is -2.42. The number of nitrogens with one attached hydrogen (secondary N) is 1. The van der Waals surface area contributed by atoms with Gasteiger partial charge in [0.2, 0.25) is 0 Å². The van der Waals surface area contributed by atoms with E-state index < -0.39 is 0 Å². The molecule has 1 N–H and O–H groups in total. The summed E-state index contributed by atoms with van der Waals surface area (Å²) in [6.07, 6.45) is 2.37. The van der Waals surface area contributed by atoms with E-state index in [0.717, 1.165) is 42.8 Å². The molecule has 2 aromatic carbocycles. The van der Waals surface area contributed by atoms with Gasteiger partial charge in [-0.2, -0.15) is 0 Å². The van der Waals surface area contributed by atoms with Gasteiger partial charge in [-0.3, -0.25) is 4.90 Å². The molecule has 2 aromatic rings. The molecular weight excluding hydrogens is 364 g/mol. The Balaban J connectivity index is 1.64. The molecule has 4 heteroatoms. The van der Waals surface area contributed by atoms with Crippen molar-refractivity contribution in [3.05, 3.63) is 64.1 Å². The molecule has 1 aliphatic carbocycles. The number of fused-ring (bicyclic) bond motifs is 1. The number of ether oxygens (including phenoxy) is 1. The van der Waals surface area contributed by atoms with Crippen molar-refractivity contribution in [2.75, 3.05) is 26.2 Å². The highest BCUT2D eigenvalue weighted by molar-refractivity contribution is 9.10. The summed E-state index contributed by atoms with van der Waals surface area (Å²) in [7, 11) is 0. The summed E-state index contributed by atoms with van der Waals surface area (Å²) in [4.78, 5) is 2.61. The molecule has 0 saturated carbocycles. The number of nitrogens with zero attached hydrogens (tertiary/aromatic N) is 1. The predicted molar refractivity (Wildman–Crippen MR) is 101 cm³/mol. The van der Waals surface area contributed by atoms with E-state index in [1.165, 1.54) is 17.5 Å². The maximum Gasteiger partial charge on any atom is 0.140 e. The summed E-state index contributed by atoms with van der Waals surface area (Å²) in [6.45, 7) is 4.41. The van der Waals surface area contributed by atoms with Crippen LogP contribution in [0.2, 0.25) is 0 Å². The van der Waals surface area contributed by atoms with E-state index in [-0.39, 0.29) is 6.10 Å². The van der Waals surface area contributed by atoms with Crippen molar-refractivity contribution in [2.45, 2.75) is 25.0 Å². The van der Waals surface area contributed by atoms with Crippen molar-refractivity contribution in [3.8, 4) is 5.75 Å². The fourth-order valence-electron chi connectivity index (χ4n) is 3.88. The zero-order valence-corrected chi connectivity index (χ0v) is 15.3. The van der Waals surface area contributed by atoms with Gasteiger partial charge in [0, 0.05) is 13.1 Å². The quantitative estimate of drug-likeness (QED) is 0.868. The fraction of sp³-hybridized carbons (Fsp3) is 0.400. The summed E-state index contributed by atoms with van der Waals surface area (Å²) < 4.78 is 7.55. The van der Waals surface area contributed by atoms with Crippen LogP contribution in [0.25, 0.3) is 0 Å². The second kappa shape index (κ2) is 7.26. The predicted octanol–water partition coefficient (Wildman–Crippen LogP) is 3.79. The van der Waals surface area contributed by atoms with Crippen molar-refractivity contribution >= 4 is 15.9 Å². The van der Waals surface area contributed by atoms with Crippen molar-refractivity contribution < 1.29 is 4.74 Å². The normalized spacial score (nSPS) is 24.4. The van der Waals surface area contributed by atoms with Crippen LogP contribution in [-0.4, -0.2) is 37.1 Å². The molecule has 4 rings (SSSR count). The minimum Gasteiger partial charge on any atom is -0.483 e. The minimum absolute atomic E-state index is 0.0954. The standard InChI is InChI=1S/C20H23BrN2O/c21-17-8-3-4-9-19(17)24-20-16-7-2-1-6-15(16)14-18(20)23-12-5-10-22-11-13-23/h1-4,6-9,18,20,22H,5,10-14H2. The van der Waals surface area contributed by atoms with Gasteiger partial charge in [-0.15, -0.1) is 0 Å². The molecule has 2 atom stereocenters. The lowest BCUT2D eigenvalue weighted by molar-refractivity contribution is 0.0816. The van der Waals surface area contributed by atoms with Crippen LogP contribution >= 0.6 is 15.9 Å². The number of benzene rings is 2. The molecule has 0 radical (unpaired) electrons. The molecule has 0 bridgehead atoms. The van der Waals surface area contributed by atoms with E-state index in [1.807, 2.05) is 24.3 Å². The first-order valence-electron chi connectivity index (χ1n) is 8.77. The average molecular weight is 387 g/mol. The van der Waals surface area contributed by atoms with Gasteiger partial charge in [-0.05, 0) is 65.1 Å². The molecule has 1 heterocycles. The first-order valence-corrected chi connectivity index (χ1v) is 9.56. The number of para-hydroxylation sites is 1. The number of hydrogen-bond donors (Lipinski definition) is 1. The van der Waals surface area contributed by atoms with Gasteiger partial charge in [0.05, 0.1) is 10.5 Å². The van der Waals surface area contributed by atoms with Crippen molar-refractivity contribution in [3.63, 3.8) is 0 Å². The van der Waals surface area contributed by atoms with Crippen LogP contribution in [-0.2, 0) is 6.42 Å². The second-order valence-electron chi connectivity index (χ2n) is 6.58. The van der Waals surface area contributed by atoms with Crippen molar-refractivity contribution in [2.24, 2.45) is 0 Å². The largest absolute Gasteiger partial charge is 0.483 e. The van der Waals surface area contributed by atoms with Crippen LogP contribution in [0.1, 0.15) is 23.7 Å². The molecule has 0 aromatic heterocycles. The minimum atomic E-state index is 0.0954. The third-order valence-corrected chi connectivity index (χ3v) is 5.73. The van der Waals surface area contributed by atoms with Crippen LogP contribution in [0.15, 0.2) is 53.0 Å². The van der Waals surface area contributed by atoms with E-state index in [4.69, 9.17) is 4.74 Å². The van der Waals surface area contributed by atoms with E-state index in [9.17, 15) is 0 Å². The van der Waals surface area contributed by atoms with Gasteiger partial charge < -0.3 is 10.1 Å². The van der Waals surface area contributed by atoms with Gasteiger partial charge in [0.15, 0.2) is 0 Å². The highest BCUT2D eigenvalue weighted by Crippen LogP contribution is 2.39. The Morgan fingerprint density at radius 2 is 1.83 bits per heavy atom. The molecule has 0 amide bonds. The summed E-state index contributed by atoms with van der Waals surface area (Å²) in [5, 5.41) is 3.51. The summed E-state index contributed by atoms with van der Waals surface area (Å²) in [5.41, 5.74) is 2.77. The zero-order chi connectivity index (χ0) is 16.4. The van der Waals surface area contributed by atoms with E-state index in [1.54, 1.807) is 0 Å². The molecule has 0 spiro atoms. The Labute approximate surface area is 152 Å². The summed E-state index contributed by atoms with van der Waals surface area (Å²) in [5.74, 6) is 0.928. The Morgan fingerprint density at radius 3 is 2.75 bits per heavy atom. The van der Waals surface area contributed by atoms with Crippen LogP contribution < -0.4 is 10.1 Å². The summed E-state index contributed by atoms with van der Waals surface area (Å²) in [6, 6.07) is 17.3. The van der Waals surface area contributed by atoms with Gasteiger partial charge in [0.25, 0.3) is 0 Å². The maximum absolute atomic E-state index is 6.53. The molecule has 24 heavy (non-hydrogen) atoms. The van der Waals surface area contributed by atoms with Crippen LogP contribution in [0, 0.1) is 0 Å². The van der Waals surface area contributed by atoms with Crippen LogP contribution in [0.5, 0.6) is 5.75 Å². The summed E-state index contributed by atoms with van der Waals surface area (Å²) >= 11 is 3.62. The number of rotatable bonds is 3. The molecule has 2 aliphatic rings. The SMILES string of the molecule is Brc1ccccc1OC1c2ccccc2CC1N1CCCNCC1. The van der Waals surface area contributed by atoms with E-state index in [0.29, 0.717) is 6.04 Å². The van der Waals surface area contributed by atoms with Gasteiger partial charge in [-0.1, -0.05) is 36.4 Å². The molecule has 2 unspecified atom stereocenters. The highest BCUT2D eigenvalue weighted by Gasteiger charge is 2.38. The molecule has 126 valence electrons. The average Bonchev–Trinajstić information content (AvgIpc) is 2.78. The maximum atomic E-state index is 6.53. The monoisotopic (exact) mass is 386 g/mol. The molecule has 1 aliphatic heterocycles. The van der Waals surface area contributed by atoms with E-state index in [2.05, 4.69) is 50.4 Å². The Kier molecular flexibility index (Phi) is 4.88.